The summed E-state index contributed by atoms with van der Waals surface area (Å²) >= 11 is 0.999. The first-order valence-electron chi connectivity index (χ1n) is 11.1. The molecule has 4 aromatic rings. The average Bonchev–Trinajstić information content (AvgIpc) is 3.27. The van der Waals surface area contributed by atoms with E-state index >= 15 is 0 Å². The molecule has 0 spiro atoms. The van der Waals surface area contributed by atoms with Crippen LogP contribution in [-0.4, -0.2) is 41.2 Å². The number of hydrogen-bond donors (Lipinski definition) is 1. The molecule has 1 amide bonds. The Bertz CT molecular complexity index is 1550. The molecule has 2 aromatic carbocycles. The zero-order valence-electron chi connectivity index (χ0n) is 20.0. The van der Waals surface area contributed by atoms with Crippen LogP contribution in [-0.2, 0) is 9.53 Å². The molecule has 38 heavy (non-hydrogen) atoms. The molecule has 2 aromatic heterocycles. The second-order valence-corrected chi connectivity index (χ2v) is 8.66. The molecule has 2 heterocycles. The maximum Gasteiger partial charge on any atom is 0.573 e. The third-order valence-corrected chi connectivity index (χ3v) is 6.04. The molecule has 198 valence electrons. The zero-order valence-corrected chi connectivity index (χ0v) is 20.8. The van der Waals surface area contributed by atoms with Gasteiger partial charge in [-0.3, -0.25) is 9.59 Å². The minimum absolute atomic E-state index is 0.0205. The number of ether oxygens (including phenoxy) is 3. The maximum absolute atomic E-state index is 13.4. The van der Waals surface area contributed by atoms with E-state index in [0.717, 1.165) is 33.7 Å². The van der Waals surface area contributed by atoms with E-state index in [-0.39, 0.29) is 40.4 Å². The minimum Gasteiger partial charge on any atom is -0.483 e. The fraction of sp³-hybridized carbons (Fsp3) is 0.200. The first-order chi connectivity index (χ1) is 18.1. The normalized spacial score (nSPS) is 11.3. The van der Waals surface area contributed by atoms with E-state index in [0.29, 0.717) is 5.75 Å². The molecule has 0 radical (unpaired) electrons. The van der Waals surface area contributed by atoms with Crippen LogP contribution in [0.25, 0.3) is 16.5 Å². The van der Waals surface area contributed by atoms with Crippen LogP contribution in [0.5, 0.6) is 11.5 Å². The fourth-order valence-electron chi connectivity index (χ4n) is 3.48. The second kappa shape index (κ2) is 10.9. The molecule has 0 saturated heterocycles. The smallest absolute Gasteiger partial charge is 0.483 e. The summed E-state index contributed by atoms with van der Waals surface area (Å²) < 4.78 is 52.9. The van der Waals surface area contributed by atoms with Crippen LogP contribution in [0.2, 0.25) is 0 Å². The quantitative estimate of drug-likeness (QED) is 0.314. The molecule has 0 saturated carbocycles. The number of halogens is 3. The van der Waals surface area contributed by atoms with Gasteiger partial charge in [-0.25, -0.2) is 4.79 Å². The number of rotatable bonds is 8. The van der Waals surface area contributed by atoms with E-state index in [1.54, 1.807) is 19.1 Å². The van der Waals surface area contributed by atoms with Crippen LogP contribution in [0.4, 0.5) is 18.2 Å². The molecule has 0 aliphatic carbocycles. The Morgan fingerprint density at radius 1 is 1.11 bits per heavy atom. The highest BCUT2D eigenvalue weighted by Crippen LogP contribution is 2.31. The van der Waals surface area contributed by atoms with Gasteiger partial charge in [-0.15, -0.1) is 24.5 Å². The van der Waals surface area contributed by atoms with Gasteiger partial charge in [0, 0.05) is 10.8 Å². The summed E-state index contributed by atoms with van der Waals surface area (Å²) in [5.41, 5.74) is -0.0243. The molecule has 0 aliphatic heterocycles. The van der Waals surface area contributed by atoms with Crippen molar-refractivity contribution in [2.24, 2.45) is 0 Å². The van der Waals surface area contributed by atoms with E-state index in [1.165, 1.54) is 17.5 Å². The van der Waals surface area contributed by atoms with Crippen molar-refractivity contribution in [1.29, 1.82) is 0 Å². The fourth-order valence-corrected chi connectivity index (χ4v) is 4.43. The summed E-state index contributed by atoms with van der Waals surface area (Å²) in [6.45, 7) is 3.12. The summed E-state index contributed by atoms with van der Waals surface area (Å²) in [5.74, 6) is -1.35. The molecule has 0 unspecified atom stereocenters. The molecule has 0 atom stereocenters. The van der Waals surface area contributed by atoms with Gasteiger partial charge in [0.1, 0.15) is 16.5 Å². The summed E-state index contributed by atoms with van der Waals surface area (Å²) in [7, 11) is 0. The van der Waals surface area contributed by atoms with Gasteiger partial charge >= 0.3 is 12.3 Å². The predicted molar refractivity (Wildman–Crippen MR) is 133 cm³/mol. The van der Waals surface area contributed by atoms with E-state index in [9.17, 15) is 27.6 Å². The number of carbonyl (C=O) groups excluding carboxylic acids is 2. The highest BCUT2D eigenvalue weighted by Gasteiger charge is 2.31. The van der Waals surface area contributed by atoms with Gasteiger partial charge in [0.2, 0.25) is 0 Å². The highest BCUT2D eigenvalue weighted by molar-refractivity contribution is 7.16. The van der Waals surface area contributed by atoms with Gasteiger partial charge in [0.15, 0.2) is 12.3 Å². The van der Waals surface area contributed by atoms with Gasteiger partial charge in [-0.05, 0) is 49.7 Å². The monoisotopic (exact) mass is 547 g/mol. The lowest BCUT2D eigenvalue weighted by Crippen LogP contribution is -2.26. The SMILES string of the molecule is CCOC(=O)c1nn(-c2ccc(OC(F)(F)F)cc2)c(=O)c2c(NC(=O)COc3ccccc3C)scc12. The Labute approximate surface area is 217 Å². The Morgan fingerprint density at radius 3 is 2.47 bits per heavy atom. The number of para-hydroxylation sites is 1. The molecule has 0 bridgehead atoms. The molecule has 9 nitrogen and oxygen atoms in total. The van der Waals surface area contributed by atoms with E-state index in [4.69, 9.17) is 9.47 Å². The van der Waals surface area contributed by atoms with Gasteiger partial charge < -0.3 is 19.5 Å². The number of alkyl halides is 3. The number of fused-ring (bicyclic) bond motifs is 1. The topological polar surface area (TPSA) is 109 Å². The number of aromatic nitrogens is 2. The van der Waals surface area contributed by atoms with Gasteiger partial charge in [-0.2, -0.15) is 9.78 Å². The molecule has 13 heteroatoms. The minimum atomic E-state index is -4.89. The summed E-state index contributed by atoms with van der Waals surface area (Å²) in [6, 6.07) is 11.5. The molecule has 0 fully saturated rings. The number of anilines is 1. The van der Waals surface area contributed by atoms with Crippen molar-refractivity contribution in [3.8, 4) is 17.2 Å². The third kappa shape index (κ3) is 5.94. The van der Waals surface area contributed by atoms with Crippen molar-refractivity contribution in [3.05, 3.63) is 75.5 Å². The Morgan fingerprint density at radius 2 is 1.82 bits per heavy atom. The maximum atomic E-state index is 13.4. The zero-order chi connectivity index (χ0) is 27.4. The van der Waals surface area contributed by atoms with Crippen LogP contribution in [0, 0.1) is 6.92 Å². The number of nitrogens with one attached hydrogen (secondary N) is 1. The van der Waals surface area contributed by atoms with E-state index < -0.39 is 29.5 Å². The van der Waals surface area contributed by atoms with Crippen LogP contribution in [0.1, 0.15) is 23.0 Å². The highest BCUT2D eigenvalue weighted by atomic mass is 32.1. The van der Waals surface area contributed by atoms with Crippen molar-refractivity contribution in [2.45, 2.75) is 20.2 Å². The molecule has 4 rings (SSSR count). The van der Waals surface area contributed by atoms with E-state index in [2.05, 4.69) is 15.2 Å². The van der Waals surface area contributed by atoms with Gasteiger partial charge in [-0.1, -0.05) is 18.2 Å². The second-order valence-electron chi connectivity index (χ2n) is 7.78. The van der Waals surface area contributed by atoms with Crippen molar-refractivity contribution >= 4 is 39.0 Å². The number of benzene rings is 2. The molecular formula is C25H20F3N3O6S. The standard InChI is InChI=1S/C25H20F3N3O6S/c1-3-35-24(34)21-17-13-38-22(29-19(32)12-36-18-7-5-4-6-14(18)2)20(17)23(33)31(30-21)15-8-10-16(11-9-15)37-25(26,27)28/h4-11,13H,3,12H2,1-2H3,(H,29,32). The van der Waals surface area contributed by atoms with Crippen molar-refractivity contribution in [3.63, 3.8) is 0 Å². The van der Waals surface area contributed by atoms with Crippen molar-refractivity contribution in [1.82, 2.24) is 9.78 Å². The Kier molecular flexibility index (Phi) is 7.67. The Balaban J connectivity index is 1.70. The van der Waals surface area contributed by atoms with Crippen molar-refractivity contribution < 1.29 is 37.0 Å². The van der Waals surface area contributed by atoms with Crippen LogP contribution in [0.3, 0.4) is 0 Å². The molecule has 1 N–H and O–H groups in total. The van der Waals surface area contributed by atoms with Gasteiger partial charge in [0.25, 0.3) is 11.5 Å². The first-order valence-corrected chi connectivity index (χ1v) is 12.0. The molecule has 0 aliphatic rings. The lowest BCUT2D eigenvalue weighted by Gasteiger charge is -2.12. The first kappa shape index (κ1) is 26.7. The lowest BCUT2D eigenvalue weighted by molar-refractivity contribution is -0.274. The number of thiophene rings is 1. The van der Waals surface area contributed by atoms with E-state index in [1.807, 2.05) is 19.1 Å². The number of aryl methyl sites for hydroxylation is 1. The van der Waals surface area contributed by atoms with Crippen LogP contribution >= 0.6 is 11.3 Å². The van der Waals surface area contributed by atoms with Crippen LogP contribution in [0.15, 0.2) is 58.7 Å². The third-order valence-electron chi connectivity index (χ3n) is 5.14. The number of esters is 1. The van der Waals surface area contributed by atoms with Crippen LogP contribution < -0.4 is 20.3 Å². The predicted octanol–water partition coefficient (Wildman–Crippen LogP) is 4.85. The number of carbonyl (C=O) groups is 2. The average molecular weight is 548 g/mol. The van der Waals surface area contributed by atoms with Gasteiger partial charge in [0.05, 0.1) is 17.7 Å². The summed E-state index contributed by atoms with van der Waals surface area (Å²) in [6.07, 6.45) is -4.89. The van der Waals surface area contributed by atoms with Crippen molar-refractivity contribution in [2.75, 3.05) is 18.5 Å². The Hall–Kier alpha value is -4.39. The number of nitrogens with zero attached hydrogens (tertiary/aromatic N) is 2. The lowest BCUT2D eigenvalue weighted by atomic mass is 10.2. The number of amides is 1. The summed E-state index contributed by atoms with van der Waals surface area (Å²) in [4.78, 5) is 38.7. The summed E-state index contributed by atoms with van der Waals surface area (Å²) in [5, 5.41) is 8.49. The largest absolute Gasteiger partial charge is 0.573 e. The number of hydrogen-bond acceptors (Lipinski definition) is 8. The molecular weight excluding hydrogens is 527 g/mol.